The Bertz CT molecular complexity index is 675. The van der Waals surface area contributed by atoms with Gasteiger partial charge in [-0.1, -0.05) is 12.1 Å². The van der Waals surface area contributed by atoms with Gasteiger partial charge in [0.15, 0.2) is 0 Å². The highest BCUT2D eigenvalue weighted by Gasteiger charge is 2.39. The number of benzene rings is 1. The maximum atomic E-state index is 12.9. The number of aromatic nitrogens is 1. The highest BCUT2D eigenvalue weighted by atomic mass is 19.1. The zero-order valence-electron chi connectivity index (χ0n) is 12.0. The lowest BCUT2D eigenvalue weighted by atomic mass is 10.1. The summed E-state index contributed by atoms with van der Waals surface area (Å²) in [6.45, 7) is 0. The van der Waals surface area contributed by atoms with Crippen molar-refractivity contribution in [3.8, 4) is 5.88 Å². The van der Waals surface area contributed by atoms with Crippen LogP contribution in [0.25, 0.3) is 0 Å². The number of urea groups is 1. The van der Waals surface area contributed by atoms with Crippen LogP contribution in [0.2, 0.25) is 0 Å². The zero-order chi connectivity index (χ0) is 15.5. The first-order chi connectivity index (χ1) is 10.7. The van der Waals surface area contributed by atoms with Gasteiger partial charge in [-0.15, -0.1) is 0 Å². The predicted octanol–water partition coefficient (Wildman–Crippen LogP) is 2.91. The van der Waals surface area contributed by atoms with E-state index in [0.717, 1.165) is 12.0 Å². The summed E-state index contributed by atoms with van der Waals surface area (Å²) in [5, 5.41) is 5.61. The lowest BCUT2D eigenvalue weighted by Crippen LogP contribution is -2.31. The topological polar surface area (TPSA) is 63.2 Å². The molecule has 1 heterocycles. The Labute approximate surface area is 127 Å². The van der Waals surface area contributed by atoms with Crippen LogP contribution < -0.4 is 15.4 Å². The summed E-state index contributed by atoms with van der Waals surface area (Å²) in [4.78, 5) is 16.0. The molecule has 1 aromatic carbocycles. The minimum atomic E-state index is -0.305. The Kier molecular flexibility index (Phi) is 3.91. The summed E-state index contributed by atoms with van der Waals surface area (Å²) in [5.74, 6) is 0.348. The zero-order valence-corrected chi connectivity index (χ0v) is 12.0. The van der Waals surface area contributed by atoms with Crippen molar-refractivity contribution in [3.63, 3.8) is 0 Å². The number of hydrogen-bond acceptors (Lipinski definition) is 3. The number of rotatable bonds is 4. The van der Waals surface area contributed by atoms with Gasteiger partial charge in [0.2, 0.25) is 5.88 Å². The van der Waals surface area contributed by atoms with E-state index in [1.54, 1.807) is 30.5 Å². The average Bonchev–Trinajstić information content (AvgIpc) is 3.27. The summed E-state index contributed by atoms with van der Waals surface area (Å²) in [7, 11) is 1.50. The van der Waals surface area contributed by atoms with Crippen molar-refractivity contribution in [2.24, 2.45) is 0 Å². The van der Waals surface area contributed by atoms with Crippen molar-refractivity contribution in [2.45, 2.75) is 18.4 Å². The molecule has 1 saturated carbocycles. The van der Waals surface area contributed by atoms with E-state index in [0.29, 0.717) is 11.6 Å². The van der Waals surface area contributed by atoms with Crippen LogP contribution in [-0.2, 0) is 0 Å². The molecule has 6 heteroatoms. The first-order valence-corrected chi connectivity index (χ1v) is 6.99. The molecule has 0 aliphatic heterocycles. The molecule has 5 nitrogen and oxygen atoms in total. The van der Waals surface area contributed by atoms with Crippen molar-refractivity contribution in [1.29, 1.82) is 0 Å². The molecule has 2 atom stereocenters. The summed E-state index contributed by atoms with van der Waals surface area (Å²) in [6.07, 6.45) is 2.44. The minimum absolute atomic E-state index is 0.0631. The molecule has 3 rings (SSSR count). The highest BCUT2D eigenvalue weighted by Crippen LogP contribution is 2.40. The lowest BCUT2D eigenvalue weighted by Gasteiger charge is -2.10. The molecule has 1 aromatic heterocycles. The van der Waals surface area contributed by atoms with E-state index in [4.69, 9.17) is 4.74 Å². The molecule has 0 unspecified atom stereocenters. The van der Waals surface area contributed by atoms with E-state index in [-0.39, 0.29) is 23.8 Å². The Balaban J connectivity index is 1.56. The molecule has 0 saturated heterocycles. The Morgan fingerprint density at radius 3 is 2.82 bits per heavy atom. The van der Waals surface area contributed by atoms with Gasteiger partial charge in [0.05, 0.1) is 7.11 Å². The van der Waals surface area contributed by atoms with Gasteiger partial charge < -0.3 is 15.4 Å². The molecule has 0 radical (unpaired) electrons. The Morgan fingerprint density at radius 1 is 1.32 bits per heavy atom. The van der Waals surface area contributed by atoms with E-state index in [1.165, 1.54) is 19.2 Å². The summed E-state index contributed by atoms with van der Waals surface area (Å²) < 4.78 is 18.0. The molecule has 0 spiro atoms. The summed E-state index contributed by atoms with van der Waals surface area (Å²) >= 11 is 0. The van der Waals surface area contributed by atoms with Crippen LogP contribution in [0.5, 0.6) is 5.88 Å². The molecule has 1 fully saturated rings. The van der Waals surface area contributed by atoms with Crippen LogP contribution in [-0.4, -0.2) is 24.2 Å². The largest absolute Gasteiger partial charge is 0.480 e. The third kappa shape index (κ3) is 3.16. The number of carbonyl (C=O) groups is 1. The van der Waals surface area contributed by atoms with Crippen LogP contribution in [0, 0.1) is 5.82 Å². The SMILES string of the molecule is COc1ncccc1NC(=O)N[C@H]1C[C@H]1c1ccc(F)cc1. The van der Waals surface area contributed by atoms with Gasteiger partial charge in [0, 0.05) is 18.2 Å². The van der Waals surface area contributed by atoms with Gasteiger partial charge in [-0.3, -0.25) is 0 Å². The number of nitrogens with one attached hydrogen (secondary N) is 2. The van der Waals surface area contributed by atoms with Gasteiger partial charge in [0.1, 0.15) is 11.5 Å². The summed E-state index contributed by atoms with van der Waals surface area (Å²) in [6, 6.07) is 9.57. The third-order valence-electron chi connectivity index (χ3n) is 3.62. The minimum Gasteiger partial charge on any atom is -0.480 e. The molecule has 2 amide bonds. The van der Waals surface area contributed by atoms with Crippen LogP contribution in [0.3, 0.4) is 0 Å². The van der Waals surface area contributed by atoms with Gasteiger partial charge in [-0.25, -0.2) is 14.2 Å². The van der Waals surface area contributed by atoms with Crippen molar-refractivity contribution in [3.05, 3.63) is 54.0 Å². The quantitative estimate of drug-likeness (QED) is 0.912. The van der Waals surface area contributed by atoms with Gasteiger partial charge >= 0.3 is 6.03 Å². The first kappa shape index (κ1) is 14.3. The monoisotopic (exact) mass is 301 g/mol. The number of amides is 2. The number of pyridine rings is 1. The smallest absolute Gasteiger partial charge is 0.319 e. The molecule has 1 aliphatic rings. The highest BCUT2D eigenvalue weighted by molar-refractivity contribution is 5.91. The molecule has 2 N–H and O–H groups in total. The van der Waals surface area contributed by atoms with Crippen molar-refractivity contribution >= 4 is 11.7 Å². The third-order valence-corrected chi connectivity index (χ3v) is 3.62. The normalized spacial score (nSPS) is 19.4. The van der Waals surface area contributed by atoms with Crippen LogP contribution in [0.15, 0.2) is 42.6 Å². The molecule has 114 valence electrons. The fraction of sp³-hybridized carbons (Fsp3) is 0.250. The second-order valence-electron chi connectivity index (χ2n) is 5.16. The summed E-state index contributed by atoms with van der Waals surface area (Å²) in [5.41, 5.74) is 1.55. The Morgan fingerprint density at radius 2 is 2.09 bits per heavy atom. The van der Waals surface area contributed by atoms with Crippen molar-refractivity contribution in [1.82, 2.24) is 10.3 Å². The standard InChI is InChI=1S/C16H16FN3O2/c1-22-15-13(3-2-8-18-15)19-16(21)20-14-9-12(14)10-4-6-11(17)7-5-10/h2-8,12,14H,9H2,1H3,(H2,19,20,21)/t12-,14-/m0/s1. The second-order valence-corrected chi connectivity index (χ2v) is 5.16. The van der Waals surface area contributed by atoms with Gasteiger partial charge in [-0.2, -0.15) is 0 Å². The number of carbonyl (C=O) groups excluding carboxylic acids is 1. The maximum absolute atomic E-state index is 12.9. The van der Waals surface area contributed by atoms with Crippen LogP contribution in [0.4, 0.5) is 14.9 Å². The molecule has 0 bridgehead atoms. The lowest BCUT2D eigenvalue weighted by molar-refractivity contribution is 0.251. The fourth-order valence-corrected chi connectivity index (χ4v) is 2.41. The number of halogens is 1. The maximum Gasteiger partial charge on any atom is 0.319 e. The molecule has 2 aromatic rings. The number of anilines is 1. The van der Waals surface area contributed by atoms with E-state index in [9.17, 15) is 9.18 Å². The van der Waals surface area contributed by atoms with Gasteiger partial charge in [-0.05, 0) is 36.2 Å². The van der Waals surface area contributed by atoms with E-state index in [1.807, 2.05) is 0 Å². The van der Waals surface area contributed by atoms with E-state index >= 15 is 0 Å². The average molecular weight is 301 g/mol. The predicted molar refractivity (Wildman–Crippen MR) is 80.5 cm³/mol. The van der Waals surface area contributed by atoms with Crippen LogP contribution in [0.1, 0.15) is 17.9 Å². The Hall–Kier alpha value is -2.63. The number of hydrogen-bond donors (Lipinski definition) is 2. The fourth-order valence-electron chi connectivity index (χ4n) is 2.41. The first-order valence-electron chi connectivity index (χ1n) is 6.99. The number of ether oxygens (including phenoxy) is 1. The molecular weight excluding hydrogens is 285 g/mol. The van der Waals surface area contributed by atoms with Crippen LogP contribution >= 0.6 is 0 Å². The molecule has 1 aliphatic carbocycles. The number of nitrogens with zero attached hydrogens (tertiary/aromatic N) is 1. The van der Waals surface area contributed by atoms with Gasteiger partial charge in [0.25, 0.3) is 0 Å². The molecular formula is C16H16FN3O2. The second kappa shape index (κ2) is 6.01. The van der Waals surface area contributed by atoms with Crippen molar-refractivity contribution < 1.29 is 13.9 Å². The number of methoxy groups -OCH3 is 1. The van der Waals surface area contributed by atoms with E-state index in [2.05, 4.69) is 15.6 Å². The molecule has 22 heavy (non-hydrogen) atoms. The van der Waals surface area contributed by atoms with Crippen molar-refractivity contribution in [2.75, 3.05) is 12.4 Å². The van der Waals surface area contributed by atoms with E-state index < -0.39 is 0 Å².